The van der Waals surface area contributed by atoms with Crippen molar-refractivity contribution in [2.75, 3.05) is 11.4 Å². The molecule has 1 aliphatic carbocycles. The maximum Gasteiger partial charge on any atom is 0.159 e. The summed E-state index contributed by atoms with van der Waals surface area (Å²) >= 11 is 6.21. The van der Waals surface area contributed by atoms with Crippen molar-refractivity contribution in [1.29, 1.82) is 0 Å². The van der Waals surface area contributed by atoms with Gasteiger partial charge in [0.2, 0.25) is 0 Å². The lowest BCUT2D eigenvalue weighted by Gasteiger charge is -2.30. The standard InChI is InChI=1S/C17H20ClN3/c18-16-13-8-3-4-9-14(13)17(20-19-16)21-11-5-10-15(21)12-6-1-2-7-12/h3-4,8-9,12,15H,1-2,5-7,10-11H2. The van der Waals surface area contributed by atoms with Gasteiger partial charge in [-0.1, -0.05) is 48.7 Å². The van der Waals surface area contributed by atoms with Gasteiger partial charge in [0, 0.05) is 23.4 Å². The molecule has 3 nitrogen and oxygen atoms in total. The van der Waals surface area contributed by atoms with E-state index in [1.165, 1.54) is 38.5 Å². The molecule has 0 amide bonds. The highest BCUT2D eigenvalue weighted by Gasteiger charge is 2.34. The number of nitrogens with zero attached hydrogens (tertiary/aromatic N) is 3. The summed E-state index contributed by atoms with van der Waals surface area (Å²) < 4.78 is 0. The molecule has 1 atom stereocenters. The minimum atomic E-state index is 0.506. The average Bonchev–Trinajstić information content (AvgIpc) is 3.19. The van der Waals surface area contributed by atoms with E-state index in [0.29, 0.717) is 11.2 Å². The Balaban J connectivity index is 1.77. The third kappa shape index (κ3) is 2.28. The van der Waals surface area contributed by atoms with Crippen molar-refractivity contribution >= 4 is 28.2 Å². The van der Waals surface area contributed by atoms with E-state index < -0.39 is 0 Å². The number of halogens is 1. The predicted octanol–water partition coefficient (Wildman–Crippen LogP) is 4.44. The largest absolute Gasteiger partial charge is 0.351 e. The Morgan fingerprint density at radius 3 is 2.52 bits per heavy atom. The fraction of sp³-hybridized carbons (Fsp3) is 0.529. The SMILES string of the molecule is Clc1nnc(N2CCCC2C2CCCC2)c2ccccc12. The molecule has 110 valence electrons. The third-order valence-electron chi connectivity index (χ3n) is 5.14. The van der Waals surface area contributed by atoms with Crippen molar-refractivity contribution in [2.45, 2.75) is 44.6 Å². The molecule has 21 heavy (non-hydrogen) atoms. The summed E-state index contributed by atoms with van der Waals surface area (Å²) in [5.41, 5.74) is 0. The van der Waals surface area contributed by atoms with Gasteiger partial charge in [-0.05, 0) is 31.6 Å². The Morgan fingerprint density at radius 1 is 0.952 bits per heavy atom. The molecule has 1 aliphatic heterocycles. The molecule has 1 unspecified atom stereocenters. The van der Waals surface area contributed by atoms with Gasteiger partial charge >= 0.3 is 0 Å². The van der Waals surface area contributed by atoms with Crippen LogP contribution in [0.5, 0.6) is 0 Å². The molecular weight excluding hydrogens is 282 g/mol. The first-order chi connectivity index (χ1) is 10.3. The van der Waals surface area contributed by atoms with Crippen LogP contribution in [-0.2, 0) is 0 Å². The summed E-state index contributed by atoms with van der Waals surface area (Å²) in [5.74, 6) is 1.87. The highest BCUT2D eigenvalue weighted by Crippen LogP contribution is 2.39. The van der Waals surface area contributed by atoms with Gasteiger partial charge < -0.3 is 4.90 Å². The van der Waals surface area contributed by atoms with Gasteiger partial charge in [-0.25, -0.2) is 0 Å². The molecule has 1 saturated heterocycles. The molecule has 0 spiro atoms. The van der Waals surface area contributed by atoms with E-state index in [2.05, 4.69) is 27.2 Å². The molecule has 0 radical (unpaired) electrons. The van der Waals surface area contributed by atoms with Crippen LogP contribution in [0.3, 0.4) is 0 Å². The molecule has 2 aliphatic rings. The van der Waals surface area contributed by atoms with Crippen LogP contribution >= 0.6 is 11.6 Å². The second-order valence-corrected chi connectivity index (χ2v) is 6.67. The van der Waals surface area contributed by atoms with Gasteiger partial charge in [0.25, 0.3) is 0 Å². The van der Waals surface area contributed by atoms with Crippen molar-refractivity contribution in [2.24, 2.45) is 5.92 Å². The van der Waals surface area contributed by atoms with Crippen LogP contribution in [0.2, 0.25) is 5.15 Å². The van der Waals surface area contributed by atoms with E-state index >= 15 is 0 Å². The number of rotatable bonds is 2. The monoisotopic (exact) mass is 301 g/mol. The number of hydrogen-bond donors (Lipinski definition) is 0. The Kier molecular flexibility index (Phi) is 3.46. The smallest absolute Gasteiger partial charge is 0.159 e. The highest BCUT2D eigenvalue weighted by atomic mass is 35.5. The molecule has 2 heterocycles. The molecule has 1 saturated carbocycles. The van der Waals surface area contributed by atoms with Crippen LogP contribution in [0.1, 0.15) is 38.5 Å². The van der Waals surface area contributed by atoms with Crippen molar-refractivity contribution in [3.05, 3.63) is 29.4 Å². The first-order valence-corrected chi connectivity index (χ1v) is 8.40. The van der Waals surface area contributed by atoms with Crippen LogP contribution < -0.4 is 4.90 Å². The van der Waals surface area contributed by atoms with Crippen LogP contribution in [-0.4, -0.2) is 22.8 Å². The second kappa shape index (κ2) is 5.45. The summed E-state index contributed by atoms with van der Waals surface area (Å²) in [6, 6.07) is 8.88. The molecule has 2 aromatic rings. The lowest BCUT2D eigenvalue weighted by molar-refractivity contribution is 0.429. The normalized spacial score (nSPS) is 23.3. The molecule has 2 fully saturated rings. The van der Waals surface area contributed by atoms with Crippen molar-refractivity contribution in [1.82, 2.24) is 10.2 Å². The first-order valence-electron chi connectivity index (χ1n) is 8.02. The Hall–Kier alpha value is -1.35. The molecule has 1 aromatic heterocycles. The van der Waals surface area contributed by atoms with Crippen molar-refractivity contribution < 1.29 is 0 Å². The van der Waals surface area contributed by atoms with E-state index in [0.717, 1.165) is 29.1 Å². The van der Waals surface area contributed by atoms with E-state index in [9.17, 15) is 0 Å². The minimum absolute atomic E-state index is 0.506. The van der Waals surface area contributed by atoms with E-state index in [1.807, 2.05) is 12.1 Å². The zero-order valence-corrected chi connectivity index (χ0v) is 12.9. The Labute approximate surface area is 130 Å². The van der Waals surface area contributed by atoms with Crippen molar-refractivity contribution in [3.63, 3.8) is 0 Å². The van der Waals surface area contributed by atoms with Crippen LogP contribution in [0.25, 0.3) is 10.8 Å². The lowest BCUT2D eigenvalue weighted by atomic mass is 9.96. The van der Waals surface area contributed by atoms with E-state index in [-0.39, 0.29) is 0 Å². The second-order valence-electron chi connectivity index (χ2n) is 6.31. The number of anilines is 1. The summed E-state index contributed by atoms with van der Waals surface area (Å²) in [6.45, 7) is 1.10. The average molecular weight is 302 g/mol. The van der Waals surface area contributed by atoms with Crippen LogP contribution in [0, 0.1) is 5.92 Å². The number of benzene rings is 1. The highest BCUT2D eigenvalue weighted by molar-refractivity contribution is 6.34. The quantitative estimate of drug-likeness (QED) is 0.821. The summed E-state index contributed by atoms with van der Waals surface area (Å²) in [7, 11) is 0. The van der Waals surface area contributed by atoms with E-state index in [1.54, 1.807) is 0 Å². The lowest BCUT2D eigenvalue weighted by Crippen LogP contribution is -2.35. The number of aromatic nitrogens is 2. The van der Waals surface area contributed by atoms with Gasteiger partial charge in [0.1, 0.15) is 0 Å². The third-order valence-corrected chi connectivity index (χ3v) is 5.42. The van der Waals surface area contributed by atoms with Crippen molar-refractivity contribution in [3.8, 4) is 0 Å². The molecule has 0 bridgehead atoms. The summed E-state index contributed by atoms with van der Waals surface area (Å²) in [6.07, 6.45) is 8.09. The fourth-order valence-electron chi connectivity index (χ4n) is 4.16. The summed E-state index contributed by atoms with van der Waals surface area (Å²) in [5, 5.41) is 11.3. The zero-order chi connectivity index (χ0) is 14.2. The van der Waals surface area contributed by atoms with Gasteiger partial charge in [-0.2, -0.15) is 0 Å². The Bertz CT molecular complexity index is 652. The summed E-state index contributed by atoms with van der Waals surface area (Å²) in [4.78, 5) is 2.50. The van der Waals surface area contributed by atoms with Gasteiger partial charge in [0.15, 0.2) is 11.0 Å². The molecule has 4 rings (SSSR count). The molecule has 0 N–H and O–H groups in total. The van der Waals surface area contributed by atoms with Gasteiger partial charge in [-0.15, -0.1) is 10.2 Å². The molecule has 1 aromatic carbocycles. The Morgan fingerprint density at radius 2 is 1.71 bits per heavy atom. The van der Waals surface area contributed by atoms with Gasteiger partial charge in [-0.3, -0.25) is 0 Å². The number of hydrogen-bond acceptors (Lipinski definition) is 3. The minimum Gasteiger partial charge on any atom is -0.351 e. The maximum absolute atomic E-state index is 6.21. The van der Waals surface area contributed by atoms with E-state index in [4.69, 9.17) is 11.6 Å². The predicted molar refractivity (Wildman–Crippen MR) is 86.9 cm³/mol. The zero-order valence-electron chi connectivity index (χ0n) is 12.1. The number of fused-ring (bicyclic) bond motifs is 1. The fourth-order valence-corrected chi connectivity index (χ4v) is 4.36. The molecule has 4 heteroatoms. The first kappa shape index (κ1) is 13.3. The van der Waals surface area contributed by atoms with Gasteiger partial charge in [0.05, 0.1) is 0 Å². The molecular formula is C17H20ClN3. The van der Waals surface area contributed by atoms with Crippen LogP contribution in [0.4, 0.5) is 5.82 Å². The topological polar surface area (TPSA) is 29.0 Å². The maximum atomic E-state index is 6.21. The van der Waals surface area contributed by atoms with Crippen LogP contribution in [0.15, 0.2) is 24.3 Å².